The van der Waals surface area contributed by atoms with Crippen LogP contribution in [-0.2, 0) is 16.0 Å². The topological polar surface area (TPSA) is 84.3 Å². The summed E-state index contributed by atoms with van der Waals surface area (Å²) < 4.78 is 18.7. The molecule has 0 unspecified atom stereocenters. The van der Waals surface area contributed by atoms with E-state index in [0.29, 0.717) is 18.7 Å². The van der Waals surface area contributed by atoms with Gasteiger partial charge in [-0.05, 0) is 6.42 Å². The van der Waals surface area contributed by atoms with Crippen LogP contribution in [-0.4, -0.2) is 40.8 Å². The van der Waals surface area contributed by atoms with Crippen molar-refractivity contribution in [2.45, 2.75) is 19.8 Å². The SMILES string of the molecule is CCc1ncnc(NCCOCCC(=O)O)c1F. The highest BCUT2D eigenvalue weighted by atomic mass is 19.1. The first-order valence-electron chi connectivity index (χ1n) is 5.68. The number of carboxylic acid groups (broad SMARTS) is 1. The number of carbonyl (C=O) groups is 1. The van der Waals surface area contributed by atoms with E-state index in [0.717, 1.165) is 0 Å². The van der Waals surface area contributed by atoms with E-state index < -0.39 is 11.8 Å². The molecule has 1 aromatic heterocycles. The van der Waals surface area contributed by atoms with Gasteiger partial charge in [0.25, 0.3) is 0 Å². The number of anilines is 1. The van der Waals surface area contributed by atoms with Crippen LogP contribution in [0.25, 0.3) is 0 Å². The second-order valence-electron chi connectivity index (χ2n) is 3.52. The quantitative estimate of drug-likeness (QED) is 0.678. The Bertz CT molecular complexity index is 401. The second-order valence-corrected chi connectivity index (χ2v) is 3.52. The Labute approximate surface area is 104 Å². The first-order chi connectivity index (χ1) is 8.65. The average molecular weight is 257 g/mol. The molecule has 0 aromatic carbocycles. The maximum Gasteiger partial charge on any atom is 0.305 e. The number of nitrogens with one attached hydrogen (secondary N) is 1. The van der Waals surface area contributed by atoms with Gasteiger partial charge in [-0.15, -0.1) is 0 Å². The molecule has 0 bridgehead atoms. The molecule has 0 saturated heterocycles. The van der Waals surface area contributed by atoms with Crippen LogP contribution in [0.15, 0.2) is 6.33 Å². The summed E-state index contributed by atoms with van der Waals surface area (Å²) in [6.45, 7) is 2.60. The Morgan fingerprint density at radius 2 is 2.28 bits per heavy atom. The van der Waals surface area contributed by atoms with Crippen molar-refractivity contribution in [3.63, 3.8) is 0 Å². The van der Waals surface area contributed by atoms with Gasteiger partial charge in [0, 0.05) is 6.54 Å². The van der Waals surface area contributed by atoms with Gasteiger partial charge < -0.3 is 15.2 Å². The molecule has 0 saturated carbocycles. The summed E-state index contributed by atoms with van der Waals surface area (Å²) in [5, 5.41) is 11.2. The fraction of sp³-hybridized carbons (Fsp3) is 0.545. The largest absolute Gasteiger partial charge is 0.481 e. The number of aryl methyl sites for hydroxylation is 1. The summed E-state index contributed by atoms with van der Waals surface area (Å²) >= 11 is 0. The van der Waals surface area contributed by atoms with Gasteiger partial charge >= 0.3 is 5.97 Å². The van der Waals surface area contributed by atoms with Crippen molar-refractivity contribution in [1.29, 1.82) is 0 Å². The first kappa shape index (κ1) is 14.3. The van der Waals surface area contributed by atoms with Crippen LogP contribution < -0.4 is 5.32 Å². The molecule has 6 nitrogen and oxygen atoms in total. The van der Waals surface area contributed by atoms with Crippen molar-refractivity contribution in [3.8, 4) is 0 Å². The number of hydrogen-bond acceptors (Lipinski definition) is 5. The van der Waals surface area contributed by atoms with E-state index in [-0.39, 0.29) is 25.5 Å². The van der Waals surface area contributed by atoms with Gasteiger partial charge in [-0.1, -0.05) is 6.92 Å². The molecule has 0 aliphatic rings. The van der Waals surface area contributed by atoms with Crippen LogP contribution in [0.2, 0.25) is 0 Å². The molecule has 1 rings (SSSR count). The van der Waals surface area contributed by atoms with E-state index in [9.17, 15) is 9.18 Å². The van der Waals surface area contributed by atoms with Crippen molar-refractivity contribution in [2.75, 3.05) is 25.1 Å². The fourth-order valence-electron chi connectivity index (χ4n) is 1.28. The lowest BCUT2D eigenvalue weighted by Gasteiger charge is -2.08. The number of aliphatic carboxylic acids is 1. The second kappa shape index (κ2) is 7.54. The highest BCUT2D eigenvalue weighted by molar-refractivity contribution is 5.66. The van der Waals surface area contributed by atoms with E-state index in [1.165, 1.54) is 6.33 Å². The third kappa shape index (κ3) is 4.62. The molecule has 0 spiro atoms. The number of aromatic nitrogens is 2. The maximum atomic E-state index is 13.6. The molecule has 0 aliphatic carbocycles. The summed E-state index contributed by atoms with van der Waals surface area (Å²) in [4.78, 5) is 17.8. The summed E-state index contributed by atoms with van der Waals surface area (Å²) in [5.74, 6) is -1.22. The van der Waals surface area contributed by atoms with Crippen LogP contribution in [0.5, 0.6) is 0 Å². The molecule has 0 aliphatic heterocycles. The number of halogens is 1. The Balaban J connectivity index is 2.29. The fourth-order valence-corrected chi connectivity index (χ4v) is 1.28. The van der Waals surface area contributed by atoms with Crippen LogP contribution in [0.3, 0.4) is 0 Å². The highest BCUT2D eigenvalue weighted by Gasteiger charge is 2.08. The zero-order chi connectivity index (χ0) is 13.4. The number of carboxylic acids is 1. The summed E-state index contributed by atoms with van der Waals surface area (Å²) in [6, 6.07) is 0. The van der Waals surface area contributed by atoms with Crippen LogP contribution in [0, 0.1) is 5.82 Å². The minimum absolute atomic E-state index is 0.0398. The molecule has 2 N–H and O–H groups in total. The molecule has 0 atom stereocenters. The normalized spacial score (nSPS) is 10.3. The zero-order valence-electron chi connectivity index (χ0n) is 10.1. The van der Waals surface area contributed by atoms with Crippen LogP contribution >= 0.6 is 0 Å². The van der Waals surface area contributed by atoms with Gasteiger partial charge in [0.2, 0.25) is 0 Å². The molecule has 18 heavy (non-hydrogen) atoms. The monoisotopic (exact) mass is 257 g/mol. The Hall–Kier alpha value is -1.76. The van der Waals surface area contributed by atoms with E-state index in [4.69, 9.17) is 9.84 Å². The van der Waals surface area contributed by atoms with Crippen LogP contribution in [0.1, 0.15) is 19.0 Å². The van der Waals surface area contributed by atoms with Gasteiger partial charge in [-0.2, -0.15) is 0 Å². The number of ether oxygens (including phenoxy) is 1. The summed E-state index contributed by atoms with van der Waals surface area (Å²) in [6.07, 6.45) is 1.76. The number of rotatable bonds is 8. The highest BCUT2D eigenvalue weighted by Crippen LogP contribution is 2.12. The van der Waals surface area contributed by atoms with Crippen molar-refractivity contribution < 1.29 is 19.0 Å². The van der Waals surface area contributed by atoms with Gasteiger partial charge in [-0.3, -0.25) is 4.79 Å². The third-order valence-electron chi connectivity index (χ3n) is 2.20. The molecular formula is C11H16FN3O3. The molecule has 1 aromatic rings. The smallest absolute Gasteiger partial charge is 0.305 e. The molecule has 7 heteroatoms. The Kier molecular flexibility index (Phi) is 5.99. The lowest BCUT2D eigenvalue weighted by molar-refractivity contribution is -0.138. The average Bonchev–Trinajstić information content (AvgIpc) is 2.35. The molecule has 1 heterocycles. The van der Waals surface area contributed by atoms with Gasteiger partial charge in [0.1, 0.15) is 6.33 Å². The molecule has 0 fully saturated rings. The minimum Gasteiger partial charge on any atom is -0.481 e. The summed E-state index contributed by atoms with van der Waals surface area (Å²) in [5.41, 5.74) is 0.360. The molecule has 0 radical (unpaired) electrons. The lowest BCUT2D eigenvalue weighted by atomic mass is 10.3. The predicted octanol–water partition coefficient (Wildman–Crippen LogP) is 1.08. The van der Waals surface area contributed by atoms with Crippen LogP contribution in [0.4, 0.5) is 10.2 Å². The number of nitrogens with zero attached hydrogens (tertiary/aromatic N) is 2. The van der Waals surface area contributed by atoms with E-state index in [2.05, 4.69) is 15.3 Å². The van der Waals surface area contributed by atoms with Gasteiger partial charge in [-0.25, -0.2) is 14.4 Å². The number of hydrogen-bond donors (Lipinski definition) is 2. The predicted molar refractivity (Wildman–Crippen MR) is 62.9 cm³/mol. The maximum absolute atomic E-state index is 13.6. The Morgan fingerprint density at radius 3 is 2.94 bits per heavy atom. The molecule has 0 amide bonds. The standard InChI is InChI=1S/C11H16FN3O3/c1-2-8-10(12)11(15-7-14-8)13-4-6-18-5-3-9(16)17/h7H,2-6H2,1H3,(H,16,17)(H,13,14,15). The molecular weight excluding hydrogens is 241 g/mol. The third-order valence-corrected chi connectivity index (χ3v) is 2.20. The first-order valence-corrected chi connectivity index (χ1v) is 5.68. The van der Waals surface area contributed by atoms with Gasteiger partial charge in [0.15, 0.2) is 11.6 Å². The van der Waals surface area contributed by atoms with Crippen molar-refractivity contribution >= 4 is 11.8 Å². The minimum atomic E-state index is -0.905. The van der Waals surface area contributed by atoms with Gasteiger partial charge in [0.05, 0.1) is 25.3 Å². The van der Waals surface area contributed by atoms with Crippen molar-refractivity contribution in [1.82, 2.24) is 9.97 Å². The van der Waals surface area contributed by atoms with E-state index in [1.807, 2.05) is 6.92 Å². The molecule has 100 valence electrons. The summed E-state index contributed by atoms with van der Waals surface area (Å²) in [7, 11) is 0. The van der Waals surface area contributed by atoms with E-state index >= 15 is 0 Å². The van der Waals surface area contributed by atoms with E-state index in [1.54, 1.807) is 0 Å². The van der Waals surface area contributed by atoms with Crippen molar-refractivity contribution in [2.24, 2.45) is 0 Å². The van der Waals surface area contributed by atoms with Crippen molar-refractivity contribution in [3.05, 3.63) is 17.8 Å². The Morgan fingerprint density at radius 1 is 1.50 bits per heavy atom. The lowest BCUT2D eigenvalue weighted by Crippen LogP contribution is -2.14. The zero-order valence-corrected chi connectivity index (χ0v) is 10.1.